The zero-order valence-electron chi connectivity index (χ0n) is 9.46. The lowest BCUT2D eigenvalue weighted by atomic mass is 10.3. The summed E-state index contributed by atoms with van der Waals surface area (Å²) < 4.78 is 10.2. The summed E-state index contributed by atoms with van der Waals surface area (Å²) in [4.78, 5) is 13.8. The molecule has 2 N–H and O–H groups in total. The van der Waals surface area contributed by atoms with Gasteiger partial charge in [0.1, 0.15) is 0 Å². The van der Waals surface area contributed by atoms with E-state index in [1.807, 2.05) is 30.3 Å². The first kappa shape index (κ1) is 13.2. The van der Waals surface area contributed by atoms with Gasteiger partial charge in [-0.3, -0.25) is 5.43 Å². The highest BCUT2D eigenvalue weighted by atomic mass is 31.2. The highest BCUT2D eigenvalue weighted by Gasteiger charge is 2.16. The van der Waals surface area contributed by atoms with Gasteiger partial charge in [0, 0.05) is 0 Å². The summed E-state index contributed by atoms with van der Waals surface area (Å²) in [6, 6.07) is 9.32. The van der Waals surface area contributed by atoms with Crippen molar-refractivity contribution in [3.05, 3.63) is 30.3 Å². The predicted molar refractivity (Wildman–Crippen MR) is 64.9 cm³/mol. The lowest BCUT2D eigenvalue weighted by Gasteiger charge is -2.15. The first-order chi connectivity index (χ1) is 7.70. The minimum atomic E-state index is -3.12. The number of hydrogen-bond acceptors (Lipinski definition) is 3. The van der Waals surface area contributed by atoms with Gasteiger partial charge in [-0.1, -0.05) is 18.2 Å². The first-order valence-electron chi connectivity index (χ1n) is 5.14. The van der Waals surface area contributed by atoms with Gasteiger partial charge in [0.2, 0.25) is 0 Å². The molecular formula is C10H17N2O3P. The maximum absolute atomic E-state index is 9.91. The Hall–Kier alpha value is -0.870. The third kappa shape index (κ3) is 4.33. The SMILES string of the molecule is CCOP(O)(=NNc1ccccc1)OCC. The van der Waals surface area contributed by atoms with Crippen molar-refractivity contribution in [2.75, 3.05) is 18.6 Å². The zero-order chi connectivity index (χ0) is 11.9. The van der Waals surface area contributed by atoms with Gasteiger partial charge in [0.15, 0.2) is 0 Å². The number of rotatable bonds is 6. The summed E-state index contributed by atoms with van der Waals surface area (Å²) in [7, 11) is -3.12. The van der Waals surface area contributed by atoms with Gasteiger partial charge in [0.05, 0.1) is 18.9 Å². The van der Waals surface area contributed by atoms with Crippen LogP contribution in [0.4, 0.5) is 5.69 Å². The van der Waals surface area contributed by atoms with Crippen LogP contribution in [-0.2, 0) is 9.05 Å². The smallest absolute Gasteiger partial charge is 0.317 e. The topological polar surface area (TPSA) is 63.1 Å². The van der Waals surface area contributed by atoms with E-state index in [4.69, 9.17) is 9.05 Å². The Kier molecular flexibility index (Phi) is 5.49. The Balaban J connectivity index is 2.71. The highest BCUT2D eigenvalue weighted by molar-refractivity contribution is 7.50. The van der Waals surface area contributed by atoms with Crippen LogP contribution in [0.1, 0.15) is 13.8 Å². The molecule has 0 amide bonds. The molecule has 0 radical (unpaired) electrons. The second-order valence-electron chi connectivity index (χ2n) is 2.90. The van der Waals surface area contributed by atoms with Crippen LogP contribution >= 0.6 is 7.74 Å². The standard InChI is InChI=1S/C10H17N2O3P/c1-3-14-16(13,15-4-2)12-11-10-8-6-5-7-9-10/h5-9,11,13H,3-4H2,1-2H3. The summed E-state index contributed by atoms with van der Waals surface area (Å²) in [5.74, 6) is 0. The van der Waals surface area contributed by atoms with E-state index in [-0.39, 0.29) is 0 Å². The van der Waals surface area contributed by atoms with E-state index in [0.29, 0.717) is 13.2 Å². The number of anilines is 1. The summed E-state index contributed by atoms with van der Waals surface area (Å²) in [5, 5.41) is 0. The lowest BCUT2D eigenvalue weighted by molar-refractivity contribution is 0.202. The largest absolute Gasteiger partial charge is 0.374 e. The number of benzene rings is 1. The van der Waals surface area contributed by atoms with Gasteiger partial charge >= 0.3 is 7.74 Å². The quantitative estimate of drug-likeness (QED) is 0.596. The van der Waals surface area contributed by atoms with E-state index in [1.54, 1.807) is 13.8 Å². The fourth-order valence-electron chi connectivity index (χ4n) is 1.06. The molecule has 0 fully saturated rings. The molecule has 90 valence electrons. The van der Waals surface area contributed by atoms with Crippen molar-refractivity contribution in [2.24, 2.45) is 4.85 Å². The molecular weight excluding hydrogens is 227 g/mol. The minimum Gasteiger partial charge on any atom is -0.317 e. The molecule has 0 saturated heterocycles. The van der Waals surface area contributed by atoms with E-state index >= 15 is 0 Å². The average molecular weight is 244 g/mol. The molecule has 0 aliphatic heterocycles. The molecule has 0 bridgehead atoms. The van der Waals surface area contributed by atoms with Crippen LogP contribution in [0.3, 0.4) is 0 Å². The van der Waals surface area contributed by atoms with Crippen LogP contribution in [0.25, 0.3) is 0 Å². The third-order valence-corrected chi connectivity index (χ3v) is 3.22. The van der Waals surface area contributed by atoms with Crippen LogP contribution < -0.4 is 5.43 Å². The molecule has 1 rings (SSSR count). The lowest BCUT2D eigenvalue weighted by Crippen LogP contribution is -1.98. The Morgan fingerprint density at radius 2 is 1.75 bits per heavy atom. The predicted octanol–water partition coefficient (Wildman–Crippen LogP) is 3.03. The Bertz CT molecular complexity index is 346. The van der Waals surface area contributed by atoms with Gasteiger partial charge in [0.25, 0.3) is 0 Å². The normalized spacial score (nSPS) is 11.2. The molecule has 0 aliphatic rings. The molecule has 0 aromatic heterocycles. The highest BCUT2D eigenvalue weighted by Crippen LogP contribution is 2.46. The van der Waals surface area contributed by atoms with Crippen LogP contribution in [0, 0.1) is 0 Å². The van der Waals surface area contributed by atoms with Crippen LogP contribution in [0.15, 0.2) is 35.2 Å². The van der Waals surface area contributed by atoms with Crippen molar-refractivity contribution in [3.63, 3.8) is 0 Å². The van der Waals surface area contributed by atoms with E-state index in [2.05, 4.69) is 10.3 Å². The minimum absolute atomic E-state index is 0.351. The molecule has 0 spiro atoms. The Labute approximate surface area is 95.7 Å². The van der Waals surface area contributed by atoms with Gasteiger partial charge in [-0.15, -0.1) is 4.85 Å². The number of para-hydroxylation sites is 1. The number of hydrogen-bond donors (Lipinski definition) is 2. The maximum atomic E-state index is 9.91. The monoisotopic (exact) mass is 244 g/mol. The van der Waals surface area contributed by atoms with E-state index in [0.717, 1.165) is 5.69 Å². The molecule has 0 heterocycles. The molecule has 6 heteroatoms. The van der Waals surface area contributed by atoms with Gasteiger partial charge in [-0.25, -0.2) is 0 Å². The van der Waals surface area contributed by atoms with Crippen molar-refractivity contribution in [2.45, 2.75) is 13.8 Å². The van der Waals surface area contributed by atoms with Crippen molar-refractivity contribution in [1.29, 1.82) is 0 Å². The average Bonchev–Trinajstić information content (AvgIpc) is 2.29. The molecule has 0 unspecified atom stereocenters. The Morgan fingerprint density at radius 3 is 2.25 bits per heavy atom. The van der Waals surface area contributed by atoms with Crippen LogP contribution in [0.2, 0.25) is 0 Å². The third-order valence-electron chi connectivity index (χ3n) is 1.67. The summed E-state index contributed by atoms with van der Waals surface area (Å²) >= 11 is 0. The van der Waals surface area contributed by atoms with E-state index in [9.17, 15) is 4.89 Å². The maximum Gasteiger partial charge on any atom is 0.374 e. The fraction of sp³-hybridized carbons (Fsp3) is 0.400. The second kappa shape index (κ2) is 6.66. The molecule has 0 saturated carbocycles. The van der Waals surface area contributed by atoms with E-state index in [1.165, 1.54) is 0 Å². The van der Waals surface area contributed by atoms with Crippen molar-refractivity contribution in [1.82, 2.24) is 0 Å². The fourth-order valence-corrected chi connectivity index (χ4v) is 2.17. The molecule has 16 heavy (non-hydrogen) atoms. The first-order valence-corrected chi connectivity index (χ1v) is 6.67. The summed E-state index contributed by atoms with van der Waals surface area (Å²) in [6.45, 7) is 4.26. The van der Waals surface area contributed by atoms with Crippen LogP contribution in [0.5, 0.6) is 0 Å². The molecule has 0 aliphatic carbocycles. The number of nitrogens with zero attached hydrogens (tertiary/aromatic N) is 1. The van der Waals surface area contributed by atoms with E-state index < -0.39 is 7.74 Å². The Morgan fingerprint density at radius 1 is 1.19 bits per heavy atom. The van der Waals surface area contributed by atoms with Crippen molar-refractivity contribution < 1.29 is 13.9 Å². The van der Waals surface area contributed by atoms with Gasteiger partial charge in [-0.2, -0.15) is 0 Å². The van der Waals surface area contributed by atoms with Gasteiger partial charge in [-0.05, 0) is 26.0 Å². The van der Waals surface area contributed by atoms with Crippen LogP contribution in [-0.4, -0.2) is 18.1 Å². The zero-order valence-corrected chi connectivity index (χ0v) is 10.4. The molecule has 1 aromatic carbocycles. The molecule has 1 aromatic rings. The summed E-state index contributed by atoms with van der Waals surface area (Å²) in [6.07, 6.45) is 0. The number of nitrogens with one attached hydrogen (secondary N) is 1. The molecule has 0 atom stereocenters. The summed E-state index contributed by atoms with van der Waals surface area (Å²) in [5.41, 5.74) is 3.51. The van der Waals surface area contributed by atoms with Gasteiger partial charge < -0.3 is 13.9 Å². The van der Waals surface area contributed by atoms with Crippen molar-refractivity contribution in [3.8, 4) is 0 Å². The van der Waals surface area contributed by atoms with Crippen molar-refractivity contribution >= 4 is 13.4 Å². The molecule has 5 nitrogen and oxygen atoms in total. The second-order valence-corrected chi connectivity index (χ2v) is 4.60.